The van der Waals surface area contributed by atoms with Crippen molar-refractivity contribution in [1.82, 2.24) is 19.4 Å². The van der Waals surface area contributed by atoms with Crippen LogP contribution >= 0.6 is 11.3 Å². The molecule has 2 aliphatic rings. The first-order chi connectivity index (χ1) is 22.6. The average molecular weight is 735 g/mol. The van der Waals surface area contributed by atoms with Gasteiger partial charge in [0.25, 0.3) is 0 Å². The smallest absolute Gasteiger partial charge is 0.475 e. The third kappa shape index (κ3) is 11.7. The van der Waals surface area contributed by atoms with Crippen molar-refractivity contribution in [2.75, 3.05) is 26.2 Å². The van der Waals surface area contributed by atoms with Gasteiger partial charge in [0, 0.05) is 37.6 Å². The van der Waals surface area contributed by atoms with Crippen LogP contribution in [0.4, 0.5) is 39.5 Å². The van der Waals surface area contributed by atoms with Crippen LogP contribution in [0.3, 0.4) is 0 Å². The van der Waals surface area contributed by atoms with E-state index < -0.39 is 36.4 Å². The fourth-order valence-electron chi connectivity index (χ4n) is 5.09. The highest BCUT2D eigenvalue weighted by Crippen LogP contribution is 2.42. The van der Waals surface area contributed by atoms with Gasteiger partial charge in [-0.2, -0.15) is 39.5 Å². The number of fused-ring (bicyclic) bond motifs is 2. The monoisotopic (exact) mass is 734 g/mol. The van der Waals surface area contributed by atoms with Crippen molar-refractivity contribution < 1.29 is 69.2 Å². The number of likely N-dealkylation sites (N-methyl/N-ethyl adjacent to an activating group) is 1. The zero-order chi connectivity index (χ0) is 37.2. The molecule has 49 heavy (non-hydrogen) atoms. The lowest BCUT2D eigenvalue weighted by atomic mass is 9.83. The number of likely N-dealkylation sites (tertiary alicyclic amines) is 1. The van der Waals surface area contributed by atoms with E-state index in [4.69, 9.17) is 34.7 Å². The zero-order valence-electron chi connectivity index (χ0n) is 25.5. The lowest BCUT2D eigenvalue weighted by Gasteiger charge is -2.50. The molecule has 2 aromatic heterocycles. The Hall–Kier alpha value is -4.17. The Bertz CT molecular complexity index is 1450. The van der Waals surface area contributed by atoms with E-state index in [-0.39, 0.29) is 5.54 Å². The van der Waals surface area contributed by atoms with E-state index in [1.807, 2.05) is 11.3 Å². The highest BCUT2D eigenvalue weighted by atomic mass is 32.1. The molecule has 0 atom stereocenters. The zero-order valence-corrected chi connectivity index (χ0v) is 26.3. The Balaban J connectivity index is 0.000000325. The number of carboxylic acids is 3. The van der Waals surface area contributed by atoms with E-state index in [9.17, 15) is 39.5 Å². The van der Waals surface area contributed by atoms with Crippen LogP contribution in [0.1, 0.15) is 30.5 Å². The second kappa shape index (κ2) is 17.0. The van der Waals surface area contributed by atoms with E-state index >= 15 is 0 Å². The average Bonchev–Trinajstić information content (AvgIpc) is 3.69. The summed E-state index contributed by atoms with van der Waals surface area (Å²) in [5.41, 5.74) is 2.63. The molecular formula is C29H31F9N4O6S. The van der Waals surface area contributed by atoms with Crippen LogP contribution in [-0.4, -0.2) is 97.3 Å². The Morgan fingerprint density at radius 1 is 0.776 bits per heavy atom. The van der Waals surface area contributed by atoms with Gasteiger partial charge >= 0.3 is 36.4 Å². The standard InChI is InChI=1S/C23H28N4S.3C2HF3O2/c1-2-26-14-15-27-21(19-7-4-3-5-8-19)17-24-22(27)23(26)10-12-25(13-11-23)18-20-9-6-16-28-20;3*3-2(4,5)1(6)7/h3-9,16-17H,2,10-15,18H2,1H3;3*(H,6,7). The minimum atomic E-state index is -5.08. The van der Waals surface area contributed by atoms with Crippen LogP contribution < -0.4 is 0 Å². The second-order valence-electron chi connectivity index (χ2n) is 10.4. The molecule has 5 rings (SSSR count). The van der Waals surface area contributed by atoms with Gasteiger partial charge in [-0.25, -0.2) is 19.4 Å². The number of alkyl halides is 9. The number of imidazole rings is 1. The predicted octanol–water partition coefficient (Wildman–Crippen LogP) is 6.34. The van der Waals surface area contributed by atoms with Gasteiger partial charge in [0.1, 0.15) is 5.82 Å². The second-order valence-corrected chi connectivity index (χ2v) is 11.4. The van der Waals surface area contributed by atoms with E-state index in [0.29, 0.717) is 0 Å². The summed E-state index contributed by atoms with van der Waals surface area (Å²) < 4.78 is 97.7. The van der Waals surface area contributed by atoms with Crippen molar-refractivity contribution in [3.63, 3.8) is 0 Å². The Kier molecular flexibility index (Phi) is 14.2. The molecule has 2 aliphatic heterocycles. The number of thiophene rings is 1. The highest BCUT2D eigenvalue weighted by Gasteiger charge is 2.46. The van der Waals surface area contributed by atoms with Gasteiger partial charge in [0.15, 0.2) is 0 Å². The Labute approximate surface area is 277 Å². The maximum absolute atomic E-state index is 10.6. The molecule has 4 heterocycles. The van der Waals surface area contributed by atoms with Crippen molar-refractivity contribution in [3.8, 4) is 11.3 Å². The number of carboxylic acid groups (broad SMARTS) is 3. The van der Waals surface area contributed by atoms with Crippen molar-refractivity contribution in [2.24, 2.45) is 0 Å². The van der Waals surface area contributed by atoms with Gasteiger partial charge in [-0.05, 0) is 36.4 Å². The van der Waals surface area contributed by atoms with Crippen LogP contribution in [0, 0.1) is 0 Å². The molecule has 1 aromatic carbocycles. The number of rotatable bonds is 4. The summed E-state index contributed by atoms with van der Waals surface area (Å²) in [6, 6.07) is 15.1. The highest BCUT2D eigenvalue weighted by molar-refractivity contribution is 7.09. The largest absolute Gasteiger partial charge is 0.490 e. The van der Waals surface area contributed by atoms with Crippen LogP contribution in [0.15, 0.2) is 54.0 Å². The predicted molar refractivity (Wildman–Crippen MR) is 156 cm³/mol. The number of benzene rings is 1. The quantitative estimate of drug-likeness (QED) is 0.263. The fraction of sp³-hybridized carbons (Fsp3) is 0.448. The van der Waals surface area contributed by atoms with Crippen molar-refractivity contribution in [2.45, 2.75) is 56.9 Å². The molecule has 1 saturated heterocycles. The molecule has 0 radical (unpaired) electrons. The number of nitrogens with zero attached hydrogens (tertiary/aromatic N) is 4. The Morgan fingerprint density at radius 3 is 1.67 bits per heavy atom. The van der Waals surface area contributed by atoms with Gasteiger partial charge in [-0.1, -0.05) is 43.3 Å². The summed E-state index contributed by atoms with van der Waals surface area (Å²) in [5.74, 6) is -6.98. The molecule has 0 bridgehead atoms. The third-order valence-electron chi connectivity index (χ3n) is 7.29. The fourth-order valence-corrected chi connectivity index (χ4v) is 5.84. The summed E-state index contributed by atoms with van der Waals surface area (Å²) in [7, 11) is 0. The first-order valence-electron chi connectivity index (χ1n) is 14.1. The summed E-state index contributed by atoms with van der Waals surface area (Å²) in [6.07, 6.45) is -10.8. The van der Waals surface area contributed by atoms with Crippen molar-refractivity contribution in [3.05, 3.63) is 64.7 Å². The molecule has 272 valence electrons. The van der Waals surface area contributed by atoms with Crippen LogP contribution in [-0.2, 0) is 33.0 Å². The number of hydrogen-bond acceptors (Lipinski definition) is 7. The number of halogens is 9. The summed E-state index contributed by atoms with van der Waals surface area (Å²) in [6.45, 7) is 8.92. The van der Waals surface area contributed by atoms with Crippen LogP contribution in [0.25, 0.3) is 11.3 Å². The lowest BCUT2D eigenvalue weighted by molar-refractivity contribution is -0.193. The van der Waals surface area contributed by atoms with E-state index in [1.165, 1.54) is 22.0 Å². The molecule has 0 amide bonds. The number of piperidine rings is 1. The molecular weight excluding hydrogens is 703 g/mol. The molecule has 0 aliphatic carbocycles. The first kappa shape index (κ1) is 41.0. The SMILES string of the molecule is CCN1CCn2c(-c3ccccc3)cnc2C12CCN(Cc1cccs1)CC2.O=C(O)C(F)(F)F.O=C(O)C(F)(F)F.O=C(O)C(F)(F)F. The molecule has 10 nitrogen and oxygen atoms in total. The maximum atomic E-state index is 10.6. The molecule has 3 N–H and O–H groups in total. The van der Waals surface area contributed by atoms with Gasteiger partial charge < -0.3 is 19.9 Å². The van der Waals surface area contributed by atoms with Gasteiger partial charge in [-0.15, -0.1) is 11.3 Å². The number of aliphatic carboxylic acids is 3. The molecule has 0 unspecified atom stereocenters. The molecule has 1 fully saturated rings. The Morgan fingerprint density at radius 2 is 1.27 bits per heavy atom. The van der Waals surface area contributed by atoms with Crippen LogP contribution in [0.2, 0.25) is 0 Å². The summed E-state index contributed by atoms with van der Waals surface area (Å²) in [4.78, 5) is 38.5. The summed E-state index contributed by atoms with van der Waals surface area (Å²) in [5, 5.41) is 23.6. The minimum Gasteiger partial charge on any atom is -0.475 e. The van der Waals surface area contributed by atoms with Gasteiger partial charge in [0.05, 0.1) is 17.4 Å². The van der Waals surface area contributed by atoms with Crippen molar-refractivity contribution >= 4 is 29.2 Å². The summed E-state index contributed by atoms with van der Waals surface area (Å²) >= 11 is 1.87. The van der Waals surface area contributed by atoms with Crippen LogP contribution in [0.5, 0.6) is 0 Å². The molecule has 1 spiro atoms. The molecule has 3 aromatic rings. The topological polar surface area (TPSA) is 136 Å². The number of hydrogen-bond donors (Lipinski definition) is 3. The van der Waals surface area contributed by atoms with Gasteiger partial charge in [-0.3, -0.25) is 9.80 Å². The van der Waals surface area contributed by atoms with E-state index in [2.05, 4.69) is 75.3 Å². The van der Waals surface area contributed by atoms with E-state index in [0.717, 1.165) is 52.1 Å². The lowest BCUT2D eigenvalue weighted by Crippen LogP contribution is -2.57. The molecule has 20 heteroatoms. The normalized spacial score (nSPS) is 16.1. The maximum Gasteiger partial charge on any atom is 0.490 e. The number of aromatic nitrogens is 2. The van der Waals surface area contributed by atoms with Gasteiger partial charge in [0.2, 0.25) is 0 Å². The number of carbonyl (C=O) groups is 3. The minimum absolute atomic E-state index is 0.0893. The third-order valence-corrected chi connectivity index (χ3v) is 8.15. The first-order valence-corrected chi connectivity index (χ1v) is 15.0. The molecule has 0 saturated carbocycles. The van der Waals surface area contributed by atoms with E-state index in [1.54, 1.807) is 0 Å². The van der Waals surface area contributed by atoms with Crippen molar-refractivity contribution in [1.29, 1.82) is 0 Å².